The predicted molar refractivity (Wildman–Crippen MR) is 164 cm³/mol. The molecule has 2 heterocycles. The molecule has 11 heteroatoms. The average molecular weight is 615 g/mol. The van der Waals surface area contributed by atoms with Gasteiger partial charge in [0.2, 0.25) is 0 Å². The number of methoxy groups -OCH3 is 2. The summed E-state index contributed by atoms with van der Waals surface area (Å²) in [7, 11) is 3.06. The highest BCUT2D eigenvalue weighted by atomic mass is 32.1. The third-order valence-corrected chi connectivity index (χ3v) is 8.03. The second-order valence-electron chi connectivity index (χ2n) is 9.74. The molecule has 1 aliphatic rings. The fourth-order valence-electron chi connectivity index (χ4n) is 4.92. The zero-order chi connectivity index (χ0) is 31.4. The summed E-state index contributed by atoms with van der Waals surface area (Å²) in [5.41, 5.74) is 2.51. The maximum absolute atomic E-state index is 14.1. The number of nitrogens with zero attached hydrogens (tertiary/aromatic N) is 2. The Hall–Kier alpha value is -5.16. The normalized spacial score (nSPS) is 14.5. The number of rotatable bonds is 10. The van der Waals surface area contributed by atoms with Gasteiger partial charge < -0.3 is 24.1 Å². The van der Waals surface area contributed by atoms with E-state index >= 15 is 0 Å². The standard InChI is InChI=1S/C33H30N2O8S/c1-5-42-32(39)28-19(2)34-33-35(29(28)24-17-23(40-3)14-15-26(24)41-4)30(36)27(44-33)16-22-8-6-7-9-25(22)43-18-20-10-12-21(13-11-20)31(37)38/h6-17,29H,5,18H2,1-4H3,(H,37,38)/b27-16-/t29-/m1/s1. The lowest BCUT2D eigenvalue weighted by molar-refractivity contribution is -0.139. The minimum absolute atomic E-state index is 0.155. The third kappa shape index (κ3) is 6.00. The smallest absolute Gasteiger partial charge is 0.338 e. The van der Waals surface area contributed by atoms with Crippen LogP contribution in [0, 0.1) is 0 Å². The van der Waals surface area contributed by atoms with E-state index in [9.17, 15) is 14.4 Å². The number of carboxylic acids is 1. The van der Waals surface area contributed by atoms with Crippen LogP contribution in [0.1, 0.15) is 46.9 Å². The number of benzene rings is 3. The van der Waals surface area contributed by atoms with Crippen LogP contribution in [0.15, 0.2) is 87.8 Å². The Morgan fingerprint density at radius 1 is 1.02 bits per heavy atom. The molecule has 1 aliphatic heterocycles. The first-order chi connectivity index (χ1) is 21.2. The first kappa shape index (κ1) is 30.3. The summed E-state index contributed by atoms with van der Waals surface area (Å²) in [6.07, 6.45) is 1.73. The molecule has 44 heavy (non-hydrogen) atoms. The molecule has 1 N–H and O–H groups in total. The van der Waals surface area contributed by atoms with Crippen molar-refractivity contribution in [3.05, 3.63) is 120 Å². The van der Waals surface area contributed by atoms with Crippen LogP contribution in [0.5, 0.6) is 17.2 Å². The number of ether oxygens (including phenoxy) is 4. The van der Waals surface area contributed by atoms with Gasteiger partial charge in [0, 0.05) is 11.1 Å². The van der Waals surface area contributed by atoms with Gasteiger partial charge >= 0.3 is 11.9 Å². The highest BCUT2D eigenvalue weighted by molar-refractivity contribution is 7.07. The van der Waals surface area contributed by atoms with Crippen molar-refractivity contribution in [2.24, 2.45) is 4.99 Å². The molecule has 0 bridgehead atoms. The largest absolute Gasteiger partial charge is 0.497 e. The van der Waals surface area contributed by atoms with E-state index in [4.69, 9.17) is 24.1 Å². The molecule has 1 atom stereocenters. The summed E-state index contributed by atoms with van der Waals surface area (Å²) in [6, 6.07) is 18.1. The molecular weight excluding hydrogens is 584 g/mol. The lowest BCUT2D eigenvalue weighted by Gasteiger charge is -2.26. The number of hydrogen-bond donors (Lipinski definition) is 1. The van der Waals surface area contributed by atoms with Crippen LogP contribution >= 0.6 is 11.3 Å². The number of para-hydroxylation sites is 1. The van der Waals surface area contributed by atoms with Gasteiger partial charge in [-0.2, -0.15) is 0 Å². The number of carbonyl (C=O) groups is 2. The van der Waals surface area contributed by atoms with Crippen LogP contribution in [0.25, 0.3) is 6.08 Å². The molecule has 4 aromatic rings. The quantitative estimate of drug-likeness (QED) is 0.265. The highest BCUT2D eigenvalue weighted by Gasteiger charge is 2.35. The number of carboxylic acid groups (broad SMARTS) is 1. The second kappa shape index (κ2) is 13.0. The molecule has 0 aliphatic carbocycles. The Bertz CT molecular complexity index is 1940. The number of allylic oxidation sites excluding steroid dienone is 1. The average Bonchev–Trinajstić information content (AvgIpc) is 3.33. The molecule has 5 rings (SSSR count). The Kier molecular flexibility index (Phi) is 8.96. The molecule has 0 spiro atoms. The zero-order valence-electron chi connectivity index (χ0n) is 24.5. The Labute approximate surface area is 256 Å². The van der Waals surface area contributed by atoms with E-state index in [2.05, 4.69) is 4.99 Å². The van der Waals surface area contributed by atoms with Crippen LogP contribution in [-0.4, -0.2) is 42.4 Å². The topological polar surface area (TPSA) is 126 Å². The number of aromatic carboxylic acids is 1. The first-order valence-electron chi connectivity index (χ1n) is 13.7. The van der Waals surface area contributed by atoms with Crippen molar-refractivity contribution in [1.82, 2.24) is 4.57 Å². The lowest BCUT2D eigenvalue weighted by Crippen LogP contribution is -2.40. The number of carbonyl (C=O) groups excluding carboxylic acids is 1. The molecule has 0 amide bonds. The molecule has 0 saturated heterocycles. The van der Waals surface area contributed by atoms with Gasteiger partial charge in [-0.1, -0.05) is 41.7 Å². The Morgan fingerprint density at radius 3 is 2.45 bits per heavy atom. The Balaban J connectivity index is 1.60. The van der Waals surface area contributed by atoms with Gasteiger partial charge in [0.05, 0.1) is 42.2 Å². The van der Waals surface area contributed by atoms with Gasteiger partial charge in [0.25, 0.3) is 5.56 Å². The molecule has 0 fully saturated rings. The van der Waals surface area contributed by atoms with Crippen molar-refractivity contribution in [2.45, 2.75) is 26.5 Å². The minimum Gasteiger partial charge on any atom is -0.497 e. The van der Waals surface area contributed by atoms with E-state index in [0.717, 1.165) is 5.56 Å². The van der Waals surface area contributed by atoms with E-state index in [0.29, 0.717) is 43.4 Å². The van der Waals surface area contributed by atoms with Gasteiger partial charge in [-0.25, -0.2) is 14.6 Å². The monoisotopic (exact) mass is 614 g/mol. The van der Waals surface area contributed by atoms with E-state index in [1.165, 1.54) is 42.3 Å². The number of thiazole rings is 1. The first-order valence-corrected chi connectivity index (χ1v) is 14.5. The van der Waals surface area contributed by atoms with E-state index in [-0.39, 0.29) is 29.9 Å². The number of aromatic nitrogens is 1. The molecule has 3 aromatic carbocycles. The van der Waals surface area contributed by atoms with Gasteiger partial charge in [-0.15, -0.1) is 0 Å². The third-order valence-electron chi connectivity index (χ3n) is 7.05. The van der Waals surface area contributed by atoms with Crippen molar-refractivity contribution >= 4 is 29.4 Å². The summed E-state index contributed by atoms with van der Waals surface area (Å²) in [5.74, 6) is -0.0366. The summed E-state index contributed by atoms with van der Waals surface area (Å²) in [6.45, 7) is 3.79. The number of hydrogen-bond acceptors (Lipinski definition) is 9. The molecule has 226 valence electrons. The second-order valence-corrected chi connectivity index (χ2v) is 10.7. The SMILES string of the molecule is CCOC(=O)C1=C(C)N=c2s/c(=C\c3ccccc3OCc3ccc(C(=O)O)cc3)c(=O)n2[C@@H]1c1cc(OC)ccc1OC. The molecule has 0 saturated carbocycles. The maximum atomic E-state index is 14.1. The fraction of sp³-hybridized carbons (Fsp3) is 0.212. The molecule has 1 aromatic heterocycles. The van der Waals surface area contributed by atoms with Crippen LogP contribution < -0.4 is 29.1 Å². The van der Waals surface area contributed by atoms with Crippen molar-refractivity contribution in [1.29, 1.82) is 0 Å². The van der Waals surface area contributed by atoms with E-state index < -0.39 is 18.0 Å². The number of fused-ring (bicyclic) bond motifs is 1. The summed E-state index contributed by atoms with van der Waals surface area (Å²) >= 11 is 1.20. The maximum Gasteiger partial charge on any atom is 0.338 e. The van der Waals surface area contributed by atoms with Gasteiger partial charge in [0.15, 0.2) is 4.80 Å². The van der Waals surface area contributed by atoms with Crippen LogP contribution in [-0.2, 0) is 16.1 Å². The van der Waals surface area contributed by atoms with E-state index in [1.807, 2.05) is 18.2 Å². The highest BCUT2D eigenvalue weighted by Crippen LogP contribution is 2.37. The minimum atomic E-state index is -0.999. The van der Waals surface area contributed by atoms with Gasteiger partial charge in [0.1, 0.15) is 29.9 Å². The fourth-order valence-corrected chi connectivity index (χ4v) is 5.95. The van der Waals surface area contributed by atoms with E-state index in [1.54, 1.807) is 56.3 Å². The summed E-state index contributed by atoms with van der Waals surface area (Å²) in [4.78, 5) is 43.6. The van der Waals surface area contributed by atoms with Crippen LogP contribution in [0.4, 0.5) is 0 Å². The van der Waals surface area contributed by atoms with Crippen molar-refractivity contribution in [2.75, 3.05) is 20.8 Å². The Morgan fingerprint density at radius 2 is 1.77 bits per heavy atom. The molecule has 0 radical (unpaired) electrons. The zero-order valence-corrected chi connectivity index (χ0v) is 25.3. The van der Waals surface area contributed by atoms with Crippen LogP contribution in [0.3, 0.4) is 0 Å². The summed E-state index contributed by atoms with van der Waals surface area (Å²) in [5, 5.41) is 9.15. The molecule has 0 unspecified atom stereocenters. The molecule has 10 nitrogen and oxygen atoms in total. The van der Waals surface area contributed by atoms with Gasteiger partial charge in [-0.3, -0.25) is 9.36 Å². The number of esters is 1. The van der Waals surface area contributed by atoms with Gasteiger partial charge in [-0.05, 0) is 61.9 Å². The van der Waals surface area contributed by atoms with Crippen molar-refractivity contribution in [3.63, 3.8) is 0 Å². The van der Waals surface area contributed by atoms with Crippen LogP contribution in [0.2, 0.25) is 0 Å². The summed E-state index contributed by atoms with van der Waals surface area (Å²) < 4.78 is 24.4. The van der Waals surface area contributed by atoms with Crippen molar-refractivity contribution < 1.29 is 33.6 Å². The predicted octanol–water partition coefficient (Wildman–Crippen LogP) is 4.09. The van der Waals surface area contributed by atoms with Crippen molar-refractivity contribution in [3.8, 4) is 17.2 Å². The lowest BCUT2D eigenvalue weighted by atomic mass is 9.94. The molecular formula is C33H30N2O8S.